The van der Waals surface area contributed by atoms with Crippen molar-refractivity contribution in [3.63, 3.8) is 0 Å². The topological polar surface area (TPSA) is 32.3 Å². The second kappa shape index (κ2) is 7.13. The highest BCUT2D eigenvalue weighted by Crippen LogP contribution is 2.30. The molecule has 3 nitrogen and oxygen atoms in total. The summed E-state index contributed by atoms with van der Waals surface area (Å²) >= 11 is 0. The smallest absolute Gasteiger partial charge is 0.222 e. The number of rotatable bonds is 5. The van der Waals surface area contributed by atoms with Gasteiger partial charge in [0, 0.05) is 19.0 Å². The van der Waals surface area contributed by atoms with Crippen LogP contribution in [0.15, 0.2) is 0 Å². The minimum atomic E-state index is 0.421. The Morgan fingerprint density at radius 2 is 2.00 bits per heavy atom. The lowest BCUT2D eigenvalue weighted by molar-refractivity contribution is -0.133. The van der Waals surface area contributed by atoms with Crippen molar-refractivity contribution in [2.24, 2.45) is 5.92 Å². The van der Waals surface area contributed by atoms with Crippen LogP contribution in [0.2, 0.25) is 0 Å². The van der Waals surface area contributed by atoms with E-state index in [1.165, 1.54) is 38.5 Å². The fourth-order valence-corrected chi connectivity index (χ4v) is 3.49. The van der Waals surface area contributed by atoms with Crippen LogP contribution in [0.25, 0.3) is 0 Å². The van der Waals surface area contributed by atoms with E-state index >= 15 is 0 Å². The summed E-state index contributed by atoms with van der Waals surface area (Å²) in [7, 11) is 0. The van der Waals surface area contributed by atoms with E-state index in [2.05, 4.69) is 17.1 Å². The molecule has 0 bridgehead atoms. The van der Waals surface area contributed by atoms with Crippen molar-refractivity contribution in [1.29, 1.82) is 0 Å². The molecule has 2 aliphatic rings. The molecule has 2 saturated heterocycles. The number of piperidine rings is 1. The number of carbonyl (C=O) groups is 1. The first-order valence-corrected chi connectivity index (χ1v) is 7.83. The summed E-state index contributed by atoms with van der Waals surface area (Å²) in [5.74, 6) is 1.17. The van der Waals surface area contributed by atoms with Crippen molar-refractivity contribution < 1.29 is 4.79 Å². The van der Waals surface area contributed by atoms with Gasteiger partial charge in [-0.25, -0.2) is 0 Å². The molecule has 2 heterocycles. The van der Waals surface area contributed by atoms with Gasteiger partial charge < -0.3 is 10.2 Å². The van der Waals surface area contributed by atoms with E-state index in [0.717, 1.165) is 38.4 Å². The lowest BCUT2D eigenvalue weighted by Gasteiger charge is -2.34. The Balaban J connectivity index is 1.84. The zero-order chi connectivity index (χ0) is 12.8. The third-order valence-corrected chi connectivity index (χ3v) is 4.54. The van der Waals surface area contributed by atoms with Crippen molar-refractivity contribution in [3.05, 3.63) is 0 Å². The van der Waals surface area contributed by atoms with Crippen LogP contribution in [-0.2, 0) is 4.79 Å². The number of carbonyl (C=O) groups excluding carboxylic acids is 1. The lowest BCUT2D eigenvalue weighted by atomic mass is 9.88. The zero-order valence-corrected chi connectivity index (χ0v) is 11.8. The number of hydrogen-bond acceptors (Lipinski definition) is 2. The summed E-state index contributed by atoms with van der Waals surface area (Å²) < 4.78 is 0. The third-order valence-electron chi connectivity index (χ3n) is 4.54. The van der Waals surface area contributed by atoms with E-state index in [1.807, 2.05) is 0 Å². The summed E-state index contributed by atoms with van der Waals surface area (Å²) in [6.07, 6.45) is 9.20. The number of likely N-dealkylation sites (tertiary alicyclic amines) is 1. The number of hydrogen-bond donors (Lipinski definition) is 1. The Kier molecular flexibility index (Phi) is 5.48. The predicted octanol–water partition coefficient (Wildman–Crippen LogP) is 2.56. The van der Waals surface area contributed by atoms with Gasteiger partial charge in [-0.3, -0.25) is 4.79 Å². The molecule has 1 unspecified atom stereocenters. The molecular formula is C15H28N2O. The van der Waals surface area contributed by atoms with Crippen molar-refractivity contribution in [1.82, 2.24) is 10.2 Å². The van der Waals surface area contributed by atoms with Gasteiger partial charge in [-0.05, 0) is 51.1 Å². The van der Waals surface area contributed by atoms with Crippen LogP contribution in [-0.4, -0.2) is 36.5 Å². The lowest BCUT2D eigenvalue weighted by Crippen LogP contribution is -2.43. The maximum absolute atomic E-state index is 12.3. The number of unbranched alkanes of at least 4 members (excludes halogenated alkanes) is 2. The maximum Gasteiger partial charge on any atom is 0.222 e. The van der Waals surface area contributed by atoms with Crippen LogP contribution in [0, 0.1) is 5.92 Å². The molecule has 0 aromatic carbocycles. The Morgan fingerprint density at radius 1 is 1.22 bits per heavy atom. The first-order valence-electron chi connectivity index (χ1n) is 7.83. The Morgan fingerprint density at radius 3 is 2.72 bits per heavy atom. The molecule has 0 aromatic heterocycles. The highest BCUT2D eigenvalue weighted by atomic mass is 16.2. The van der Waals surface area contributed by atoms with Crippen LogP contribution in [0.3, 0.4) is 0 Å². The molecule has 3 heteroatoms. The molecule has 0 aromatic rings. The molecule has 2 aliphatic heterocycles. The number of amides is 1. The van der Waals surface area contributed by atoms with E-state index in [1.54, 1.807) is 0 Å². The molecule has 2 rings (SSSR count). The SMILES string of the molecule is CCCCCC(=O)N1CCCC1C1CCNCC1. The minimum absolute atomic E-state index is 0.421. The average molecular weight is 252 g/mol. The molecule has 1 amide bonds. The standard InChI is InChI=1S/C15H28N2O/c1-2-3-4-7-15(18)17-12-5-6-14(17)13-8-10-16-11-9-13/h13-14,16H,2-12H2,1H3. The summed E-state index contributed by atoms with van der Waals surface area (Å²) in [6.45, 7) is 5.48. The van der Waals surface area contributed by atoms with E-state index in [4.69, 9.17) is 0 Å². The van der Waals surface area contributed by atoms with Gasteiger partial charge in [0.25, 0.3) is 0 Å². The molecule has 0 radical (unpaired) electrons. The van der Waals surface area contributed by atoms with Gasteiger partial charge in [0.1, 0.15) is 0 Å². The zero-order valence-electron chi connectivity index (χ0n) is 11.8. The molecule has 1 N–H and O–H groups in total. The highest BCUT2D eigenvalue weighted by Gasteiger charge is 2.34. The fourth-order valence-electron chi connectivity index (χ4n) is 3.49. The van der Waals surface area contributed by atoms with E-state index < -0.39 is 0 Å². The van der Waals surface area contributed by atoms with Crippen LogP contribution >= 0.6 is 0 Å². The first kappa shape index (κ1) is 13.9. The molecule has 2 fully saturated rings. The van der Waals surface area contributed by atoms with E-state index in [-0.39, 0.29) is 0 Å². The quantitative estimate of drug-likeness (QED) is 0.763. The molecule has 0 spiro atoms. The van der Waals surface area contributed by atoms with Crippen LogP contribution in [0.1, 0.15) is 58.3 Å². The van der Waals surface area contributed by atoms with Gasteiger partial charge in [0.05, 0.1) is 0 Å². The fraction of sp³-hybridized carbons (Fsp3) is 0.933. The molecular weight excluding hydrogens is 224 g/mol. The van der Waals surface area contributed by atoms with Crippen LogP contribution < -0.4 is 5.32 Å². The van der Waals surface area contributed by atoms with E-state index in [0.29, 0.717) is 11.9 Å². The first-order chi connectivity index (χ1) is 8.83. The van der Waals surface area contributed by atoms with Crippen LogP contribution in [0.4, 0.5) is 0 Å². The predicted molar refractivity (Wildman–Crippen MR) is 74.5 cm³/mol. The minimum Gasteiger partial charge on any atom is -0.339 e. The molecule has 0 aliphatic carbocycles. The Labute approximate surface area is 111 Å². The average Bonchev–Trinajstić information content (AvgIpc) is 2.89. The Bertz CT molecular complexity index is 261. The molecule has 18 heavy (non-hydrogen) atoms. The van der Waals surface area contributed by atoms with Gasteiger partial charge >= 0.3 is 0 Å². The number of nitrogens with one attached hydrogen (secondary N) is 1. The molecule has 104 valence electrons. The van der Waals surface area contributed by atoms with Crippen molar-refractivity contribution in [2.45, 2.75) is 64.3 Å². The molecule has 1 atom stereocenters. The summed E-state index contributed by atoms with van der Waals surface area (Å²) in [5.41, 5.74) is 0. The third kappa shape index (κ3) is 3.47. The largest absolute Gasteiger partial charge is 0.339 e. The summed E-state index contributed by atoms with van der Waals surface area (Å²) in [5, 5.41) is 3.42. The van der Waals surface area contributed by atoms with Gasteiger partial charge in [-0.15, -0.1) is 0 Å². The highest BCUT2D eigenvalue weighted by molar-refractivity contribution is 5.76. The normalized spacial score (nSPS) is 25.6. The van der Waals surface area contributed by atoms with Crippen molar-refractivity contribution in [2.75, 3.05) is 19.6 Å². The Hall–Kier alpha value is -0.570. The van der Waals surface area contributed by atoms with Crippen LogP contribution in [0.5, 0.6) is 0 Å². The monoisotopic (exact) mass is 252 g/mol. The summed E-state index contributed by atoms with van der Waals surface area (Å²) in [4.78, 5) is 14.5. The second-order valence-corrected chi connectivity index (χ2v) is 5.84. The molecule has 0 saturated carbocycles. The van der Waals surface area contributed by atoms with Gasteiger partial charge in [0.15, 0.2) is 0 Å². The van der Waals surface area contributed by atoms with Crippen molar-refractivity contribution >= 4 is 5.91 Å². The van der Waals surface area contributed by atoms with Gasteiger partial charge in [0.2, 0.25) is 5.91 Å². The van der Waals surface area contributed by atoms with Crippen molar-refractivity contribution in [3.8, 4) is 0 Å². The van der Waals surface area contributed by atoms with E-state index in [9.17, 15) is 4.79 Å². The second-order valence-electron chi connectivity index (χ2n) is 5.84. The van der Waals surface area contributed by atoms with Gasteiger partial charge in [-0.1, -0.05) is 19.8 Å². The summed E-state index contributed by atoms with van der Waals surface area (Å²) in [6, 6.07) is 0.557. The van der Waals surface area contributed by atoms with Gasteiger partial charge in [-0.2, -0.15) is 0 Å². The number of nitrogens with zero attached hydrogens (tertiary/aromatic N) is 1. The maximum atomic E-state index is 12.3.